The Morgan fingerprint density at radius 3 is 2.35 bits per heavy atom. The number of carbonyl (C=O) groups excluding carboxylic acids is 1. The first-order valence-electron chi connectivity index (χ1n) is 12.0. The molecule has 1 fully saturated rings. The van der Waals surface area contributed by atoms with E-state index in [1.54, 1.807) is 0 Å². The van der Waals surface area contributed by atoms with E-state index in [9.17, 15) is 4.79 Å². The number of hydrogen-bond donors (Lipinski definition) is 0. The molecule has 5 rings (SSSR count). The number of amides is 1. The van der Waals surface area contributed by atoms with E-state index in [-0.39, 0.29) is 5.91 Å². The van der Waals surface area contributed by atoms with Crippen molar-refractivity contribution in [2.24, 2.45) is 0 Å². The fourth-order valence-corrected chi connectivity index (χ4v) is 4.78. The Balaban J connectivity index is 1.40. The number of hydrogen-bond acceptors (Lipinski definition) is 3. The highest BCUT2D eigenvalue weighted by Gasteiger charge is 2.24. The molecule has 0 bridgehead atoms. The molecule has 0 saturated carbocycles. The molecular formula is C29H32N4O. The Kier molecular flexibility index (Phi) is 5.86. The normalized spacial score (nSPS) is 14.1. The second kappa shape index (κ2) is 8.98. The average Bonchev–Trinajstić information content (AvgIpc) is 3.18. The van der Waals surface area contributed by atoms with Crippen molar-refractivity contribution in [1.29, 1.82) is 0 Å². The number of rotatable bonds is 4. The summed E-state index contributed by atoms with van der Waals surface area (Å²) in [5, 5.41) is 0. The van der Waals surface area contributed by atoms with E-state index in [0.717, 1.165) is 54.3 Å². The number of anilines is 1. The summed E-state index contributed by atoms with van der Waals surface area (Å²) < 4.78 is 2.08. The minimum Gasteiger partial charge on any atom is -0.368 e. The SMILES string of the molecule is Cc1cccc(N2CCN(C(=O)Cc3c(-c4ccc(C)c(C)c4)nc4cc(C)ccn34)CC2)c1. The van der Waals surface area contributed by atoms with Gasteiger partial charge in [-0.3, -0.25) is 4.79 Å². The Morgan fingerprint density at radius 2 is 1.62 bits per heavy atom. The van der Waals surface area contributed by atoms with Crippen LogP contribution in [0.5, 0.6) is 0 Å². The standard InChI is InChI=1S/C29H32N4O/c1-20-6-5-7-25(16-20)31-12-14-32(15-13-31)28(34)19-26-29(24-9-8-22(3)23(4)18-24)30-27-17-21(2)10-11-33(26)27/h5-11,16-18H,12-15,19H2,1-4H3. The lowest BCUT2D eigenvalue weighted by Crippen LogP contribution is -2.49. The highest BCUT2D eigenvalue weighted by molar-refractivity contribution is 5.82. The monoisotopic (exact) mass is 452 g/mol. The minimum absolute atomic E-state index is 0.163. The van der Waals surface area contributed by atoms with Crippen molar-refractivity contribution in [2.45, 2.75) is 34.1 Å². The van der Waals surface area contributed by atoms with Crippen LogP contribution in [0.25, 0.3) is 16.9 Å². The van der Waals surface area contributed by atoms with Crippen molar-refractivity contribution < 1.29 is 4.79 Å². The maximum Gasteiger partial charge on any atom is 0.228 e. The van der Waals surface area contributed by atoms with E-state index >= 15 is 0 Å². The van der Waals surface area contributed by atoms with Gasteiger partial charge in [-0.05, 0) is 80.3 Å². The van der Waals surface area contributed by atoms with Gasteiger partial charge in [0.1, 0.15) is 5.65 Å². The van der Waals surface area contributed by atoms with Crippen LogP contribution in [0, 0.1) is 27.7 Å². The fourth-order valence-electron chi connectivity index (χ4n) is 4.78. The zero-order valence-electron chi connectivity index (χ0n) is 20.5. The van der Waals surface area contributed by atoms with Gasteiger partial charge in [0, 0.05) is 43.6 Å². The summed E-state index contributed by atoms with van der Waals surface area (Å²) in [5.41, 5.74) is 9.97. The number of pyridine rings is 1. The van der Waals surface area contributed by atoms with Gasteiger partial charge in [-0.1, -0.05) is 24.3 Å². The first-order valence-corrected chi connectivity index (χ1v) is 12.0. The second-order valence-corrected chi connectivity index (χ2v) is 9.52. The Hall–Kier alpha value is -3.60. The van der Waals surface area contributed by atoms with E-state index in [4.69, 9.17) is 4.98 Å². The topological polar surface area (TPSA) is 40.8 Å². The number of carbonyl (C=O) groups is 1. The maximum atomic E-state index is 13.4. The summed E-state index contributed by atoms with van der Waals surface area (Å²) >= 11 is 0. The van der Waals surface area contributed by atoms with Crippen molar-refractivity contribution in [3.63, 3.8) is 0 Å². The molecule has 0 atom stereocenters. The molecule has 34 heavy (non-hydrogen) atoms. The smallest absolute Gasteiger partial charge is 0.228 e. The zero-order chi connectivity index (χ0) is 23.8. The van der Waals surface area contributed by atoms with Gasteiger partial charge in [-0.15, -0.1) is 0 Å². The van der Waals surface area contributed by atoms with Gasteiger partial charge in [0.2, 0.25) is 5.91 Å². The molecule has 174 valence electrons. The molecule has 5 heteroatoms. The number of benzene rings is 2. The van der Waals surface area contributed by atoms with Gasteiger partial charge in [0.15, 0.2) is 0 Å². The number of piperazine rings is 1. The van der Waals surface area contributed by atoms with Crippen LogP contribution in [0.4, 0.5) is 5.69 Å². The van der Waals surface area contributed by atoms with E-state index in [2.05, 4.69) is 91.6 Å². The van der Waals surface area contributed by atoms with Gasteiger partial charge in [0.25, 0.3) is 0 Å². The minimum atomic E-state index is 0.163. The predicted molar refractivity (Wildman–Crippen MR) is 139 cm³/mol. The molecule has 4 aromatic rings. The second-order valence-electron chi connectivity index (χ2n) is 9.52. The fraction of sp³-hybridized carbons (Fsp3) is 0.310. The van der Waals surface area contributed by atoms with Crippen molar-refractivity contribution in [3.8, 4) is 11.3 Å². The third-order valence-electron chi connectivity index (χ3n) is 6.98. The van der Waals surface area contributed by atoms with Gasteiger partial charge < -0.3 is 14.2 Å². The molecule has 1 saturated heterocycles. The molecule has 0 N–H and O–H groups in total. The molecule has 1 aliphatic rings. The van der Waals surface area contributed by atoms with Gasteiger partial charge in [0.05, 0.1) is 17.8 Å². The number of nitrogens with zero attached hydrogens (tertiary/aromatic N) is 4. The van der Waals surface area contributed by atoms with Gasteiger partial charge in [-0.25, -0.2) is 4.98 Å². The van der Waals surface area contributed by atoms with Crippen molar-refractivity contribution >= 4 is 17.2 Å². The Morgan fingerprint density at radius 1 is 0.853 bits per heavy atom. The van der Waals surface area contributed by atoms with Crippen molar-refractivity contribution in [1.82, 2.24) is 14.3 Å². The summed E-state index contributed by atoms with van der Waals surface area (Å²) in [6, 6.07) is 19.2. The van der Waals surface area contributed by atoms with E-state index in [1.807, 2.05) is 11.1 Å². The summed E-state index contributed by atoms with van der Waals surface area (Å²) in [5.74, 6) is 0.163. The molecule has 3 heterocycles. The number of aromatic nitrogens is 2. The maximum absolute atomic E-state index is 13.4. The first kappa shape index (κ1) is 22.2. The molecular weight excluding hydrogens is 420 g/mol. The Labute approximate surface area is 201 Å². The van der Waals surface area contributed by atoms with E-state index in [1.165, 1.54) is 22.4 Å². The number of aryl methyl sites for hydroxylation is 4. The van der Waals surface area contributed by atoms with Crippen LogP contribution in [0.2, 0.25) is 0 Å². The number of fused-ring (bicyclic) bond motifs is 1. The largest absolute Gasteiger partial charge is 0.368 e. The highest BCUT2D eigenvalue weighted by atomic mass is 16.2. The molecule has 1 aliphatic heterocycles. The van der Waals surface area contributed by atoms with E-state index < -0.39 is 0 Å². The molecule has 2 aromatic carbocycles. The van der Waals surface area contributed by atoms with Crippen LogP contribution in [0.15, 0.2) is 60.8 Å². The lowest BCUT2D eigenvalue weighted by atomic mass is 10.0. The average molecular weight is 453 g/mol. The first-order chi connectivity index (χ1) is 16.4. The van der Waals surface area contributed by atoms with Crippen LogP contribution in [0.1, 0.15) is 27.9 Å². The quantitative estimate of drug-likeness (QED) is 0.431. The molecule has 5 nitrogen and oxygen atoms in total. The van der Waals surface area contributed by atoms with E-state index in [0.29, 0.717) is 6.42 Å². The summed E-state index contributed by atoms with van der Waals surface area (Å²) in [6.07, 6.45) is 2.39. The van der Waals surface area contributed by atoms with Crippen LogP contribution in [-0.4, -0.2) is 46.4 Å². The lowest BCUT2D eigenvalue weighted by molar-refractivity contribution is -0.130. The van der Waals surface area contributed by atoms with Crippen LogP contribution < -0.4 is 4.90 Å². The zero-order valence-corrected chi connectivity index (χ0v) is 20.5. The van der Waals surface area contributed by atoms with Crippen LogP contribution in [-0.2, 0) is 11.2 Å². The summed E-state index contributed by atoms with van der Waals surface area (Å²) in [4.78, 5) is 22.8. The van der Waals surface area contributed by atoms with Gasteiger partial charge >= 0.3 is 0 Å². The number of imidazole rings is 1. The summed E-state index contributed by atoms with van der Waals surface area (Å²) in [6.45, 7) is 11.6. The predicted octanol–water partition coefficient (Wildman–Crippen LogP) is 5.13. The Bertz CT molecular complexity index is 1360. The molecule has 0 unspecified atom stereocenters. The van der Waals surface area contributed by atoms with Crippen molar-refractivity contribution in [2.75, 3.05) is 31.1 Å². The van der Waals surface area contributed by atoms with Crippen LogP contribution in [0.3, 0.4) is 0 Å². The molecule has 1 amide bonds. The molecule has 0 spiro atoms. The highest BCUT2D eigenvalue weighted by Crippen LogP contribution is 2.28. The third-order valence-corrected chi connectivity index (χ3v) is 6.98. The molecule has 0 radical (unpaired) electrons. The lowest BCUT2D eigenvalue weighted by Gasteiger charge is -2.36. The van der Waals surface area contributed by atoms with Crippen molar-refractivity contribution in [3.05, 3.63) is 88.7 Å². The van der Waals surface area contributed by atoms with Gasteiger partial charge in [-0.2, -0.15) is 0 Å². The molecule has 0 aliphatic carbocycles. The third kappa shape index (κ3) is 4.30. The van der Waals surface area contributed by atoms with Crippen LogP contribution >= 0.6 is 0 Å². The molecule has 2 aromatic heterocycles. The summed E-state index contributed by atoms with van der Waals surface area (Å²) in [7, 11) is 0.